The van der Waals surface area contributed by atoms with E-state index in [1.165, 1.54) is 6.33 Å². The summed E-state index contributed by atoms with van der Waals surface area (Å²) < 4.78 is 1.97. The highest BCUT2D eigenvalue weighted by Crippen LogP contribution is 2.57. The van der Waals surface area contributed by atoms with Crippen molar-refractivity contribution in [3.8, 4) is 0 Å². The zero-order valence-electron chi connectivity index (χ0n) is 10.5. The number of rotatable bonds is 4. The van der Waals surface area contributed by atoms with Crippen LogP contribution in [0.15, 0.2) is 30.6 Å². The largest absolute Gasteiger partial charge is 0.381 e. The Morgan fingerprint density at radius 1 is 1.45 bits per heavy atom. The Morgan fingerprint density at radius 3 is 2.70 bits per heavy atom. The lowest BCUT2D eigenvalue weighted by molar-refractivity contribution is 0.00227. The van der Waals surface area contributed by atoms with Crippen LogP contribution in [0.25, 0.3) is 0 Å². The van der Waals surface area contributed by atoms with Crippen molar-refractivity contribution in [2.45, 2.75) is 29.9 Å². The summed E-state index contributed by atoms with van der Waals surface area (Å²) in [7, 11) is 0. The van der Waals surface area contributed by atoms with E-state index in [1.54, 1.807) is 16.8 Å². The number of aliphatic hydroxyl groups is 1. The maximum Gasteiger partial charge on any atom is 0.215 e. The summed E-state index contributed by atoms with van der Waals surface area (Å²) in [5.41, 5.74) is -0.678. The van der Waals surface area contributed by atoms with E-state index in [-0.39, 0.29) is 6.54 Å². The van der Waals surface area contributed by atoms with Gasteiger partial charge in [-0.2, -0.15) is 0 Å². The second kappa shape index (κ2) is 4.84. The predicted octanol–water partition coefficient (Wildman–Crippen LogP) is 3.25. The van der Waals surface area contributed by atoms with Gasteiger partial charge >= 0.3 is 0 Å². The van der Waals surface area contributed by atoms with Crippen LogP contribution in [-0.4, -0.2) is 24.7 Å². The average molecular weight is 330 g/mol. The highest BCUT2D eigenvalue weighted by Gasteiger charge is 2.59. The van der Waals surface area contributed by atoms with Crippen LogP contribution < -0.4 is 0 Å². The van der Waals surface area contributed by atoms with Gasteiger partial charge in [0.25, 0.3) is 0 Å². The molecule has 0 aliphatic heterocycles. The molecule has 3 rings (SSSR count). The number of nitrogens with one attached hydrogen (secondary N) is 1. The van der Waals surface area contributed by atoms with E-state index in [0.717, 1.165) is 12.8 Å². The van der Waals surface area contributed by atoms with Gasteiger partial charge in [-0.05, 0) is 31.1 Å². The zero-order chi connectivity index (χ0) is 14.4. The summed E-state index contributed by atoms with van der Waals surface area (Å²) in [6.45, 7) is 0.194. The third-order valence-corrected chi connectivity index (χ3v) is 5.10. The van der Waals surface area contributed by atoms with Crippen molar-refractivity contribution in [2.75, 3.05) is 0 Å². The maximum absolute atomic E-state index is 11.2. The van der Waals surface area contributed by atoms with Crippen LogP contribution >= 0.6 is 35.4 Å². The monoisotopic (exact) mass is 329 g/mol. The van der Waals surface area contributed by atoms with Crippen molar-refractivity contribution in [1.82, 2.24) is 14.8 Å². The molecule has 1 heterocycles. The van der Waals surface area contributed by atoms with Gasteiger partial charge in [0, 0.05) is 10.6 Å². The first-order chi connectivity index (χ1) is 9.46. The molecule has 7 heteroatoms. The molecule has 4 nitrogen and oxygen atoms in total. The lowest BCUT2D eigenvalue weighted by Gasteiger charge is -2.34. The molecule has 2 aromatic rings. The Morgan fingerprint density at radius 2 is 2.15 bits per heavy atom. The average Bonchev–Trinajstić information content (AvgIpc) is 3.06. The fourth-order valence-corrected chi connectivity index (χ4v) is 3.13. The van der Waals surface area contributed by atoms with Gasteiger partial charge in [-0.25, -0.2) is 4.98 Å². The molecule has 1 fully saturated rings. The van der Waals surface area contributed by atoms with Gasteiger partial charge in [-0.1, -0.05) is 29.8 Å². The number of nitrogens with zero attached hydrogens (tertiary/aromatic N) is 2. The van der Waals surface area contributed by atoms with Crippen LogP contribution in [0.3, 0.4) is 0 Å². The minimum absolute atomic E-state index is 0.194. The number of hydrogen-bond donors (Lipinski definition) is 2. The normalized spacial score (nSPS) is 19.6. The SMILES string of the molecule is OC(Cn1[nH]cnc1=S)(c1ccccc1Cl)C1(Cl)CC1. The molecule has 1 aromatic carbocycles. The van der Waals surface area contributed by atoms with Crippen molar-refractivity contribution in [3.63, 3.8) is 0 Å². The van der Waals surface area contributed by atoms with Crippen molar-refractivity contribution >= 4 is 35.4 Å². The van der Waals surface area contributed by atoms with Crippen LogP contribution in [0.2, 0.25) is 5.02 Å². The minimum atomic E-state index is -1.29. The predicted molar refractivity (Wildman–Crippen MR) is 80.6 cm³/mol. The molecule has 1 atom stereocenters. The molecule has 0 bridgehead atoms. The number of hydrogen-bond acceptors (Lipinski definition) is 3. The second-order valence-corrected chi connectivity index (χ2v) is 6.56. The van der Waals surface area contributed by atoms with Crippen LogP contribution in [-0.2, 0) is 12.1 Å². The summed E-state index contributed by atoms with van der Waals surface area (Å²) in [6, 6.07) is 7.20. The summed E-state index contributed by atoms with van der Waals surface area (Å²) in [6.07, 6.45) is 2.96. The van der Waals surface area contributed by atoms with E-state index in [2.05, 4.69) is 10.1 Å². The second-order valence-electron chi connectivity index (χ2n) is 5.06. The summed E-state index contributed by atoms with van der Waals surface area (Å²) in [4.78, 5) is 3.24. The Bertz CT molecular complexity index is 695. The molecule has 1 aliphatic carbocycles. The highest BCUT2D eigenvalue weighted by atomic mass is 35.5. The first kappa shape index (κ1) is 14.1. The zero-order valence-corrected chi connectivity index (χ0v) is 12.8. The lowest BCUT2D eigenvalue weighted by atomic mass is 9.88. The van der Waals surface area contributed by atoms with Crippen molar-refractivity contribution in [1.29, 1.82) is 0 Å². The van der Waals surface area contributed by atoms with Gasteiger partial charge in [0.2, 0.25) is 4.77 Å². The third kappa shape index (κ3) is 2.19. The summed E-state index contributed by atoms with van der Waals surface area (Å²) in [5.74, 6) is 0. The third-order valence-electron chi connectivity index (χ3n) is 3.76. The fourth-order valence-electron chi connectivity index (χ4n) is 2.41. The van der Waals surface area contributed by atoms with Crippen molar-refractivity contribution in [3.05, 3.63) is 45.9 Å². The number of H-pyrrole nitrogens is 1. The summed E-state index contributed by atoms with van der Waals surface area (Å²) >= 11 is 17.9. The van der Waals surface area contributed by atoms with E-state index in [1.807, 2.05) is 12.1 Å². The van der Waals surface area contributed by atoms with Crippen LogP contribution in [0.5, 0.6) is 0 Å². The van der Waals surface area contributed by atoms with Crippen LogP contribution in [0, 0.1) is 4.77 Å². The van der Waals surface area contributed by atoms with E-state index in [9.17, 15) is 5.11 Å². The van der Waals surface area contributed by atoms with E-state index in [4.69, 9.17) is 35.4 Å². The quantitative estimate of drug-likeness (QED) is 0.668. The standard InChI is InChI=1S/C13H13Cl2N3OS/c14-10-4-2-1-3-9(10)13(19,12(15)5-6-12)7-18-11(20)16-8-17-18/h1-4,8,19H,5-7H2,(H,16,17,20). The number of alkyl halides is 1. The highest BCUT2D eigenvalue weighted by molar-refractivity contribution is 7.71. The maximum atomic E-state index is 11.2. The topological polar surface area (TPSA) is 53.8 Å². The van der Waals surface area contributed by atoms with Gasteiger partial charge in [-0.15, -0.1) is 11.6 Å². The lowest BCUT2D eigenvalue weighted by Crippen LogP contribution is -2.42. The van der Waals surface area contributed by atoms with Gasteiger partial charge in [0.15, 0.2) is 0 Å². The fraction of sp³-hybridized carbons (Fsp3) is 0.385. The summed E-state index contributed by atoms with van der Waals surface area (Å²) in [5, 5.41) is 14.6. The van der Waals surface area contributed by atoms with E-state index >= 15 is 0 Å². The molecule has 0 spiro atoms. The molecule has 0 saturated heterocycles. The molecule has 1 aromatic heterocycles. The first-order valence-corrected chi connectivity index (χ1v) is 7.39. The molecular weight excluding hydrogens is 317 g/mol. The molecule has 2 N–H and O–H groups in total. The van der Waals surface area contributed by atoms with Crippen LogP contribution in [0.4, 0.5) is 0 Å². The van der Waals surface area contributed by atoms with E-state index in [0.29, 0.717) is 15.4 Å². The Hall–Kier alpha value is -0.880. The minimum Gasteiger partial charge on any atom is -0.381 e. The van der Waals surface area contributed by atoms with Gasteiger partial charge in [0.05, 0.1) is 11.4 Å². The number of benzene rings is 1. The molecule has 20 heavy (non-hydrogen) atoms. The number of halogens is 2. The molecule has 0 amide bonds. The van der Waals surface area contributed by atoms with Gasteiger partial charge in [-0.3, -0.25) is 9.78 Å². The molecule has 1 unspecified atom stereocenters. The Kier molecular flexibility index (Phi) is 3.41. The van der Waals surface area contributed by atoms with Gasteiger partial charge in [0.1, 0.15) is 11.9 Å². The number of aromatic amines is 1. The molecular formula is C13H13Cl2N3OS. The van der Waals surface area contributed by atoms with E-state index < -0.39 is 10.5 Å². The van der Waals surface area contributed by atoms with Crippen molar-refractivity contribution in [2.24, 2.45) is 0 Å². The Labute approximate surface area is 131 Å². The molecule has 1 saturated carbocycles. The number of aromatic nitrogens is 3. The van der Waals surface area contributed by atoms with Crippen molar-refractivity contribution < 1.29 is 5.11 Å². The van der Waals surface area contributed by atoms with Crippen LogP contribution in [0.1, 0.15) is 18.4 Å². The first-order valence-electron chi connectivity index (χ1n) is 6.23. The molecule has 106 valence electrons. The molecule has 0 radical (unpaired) electrons. The molecule has 1 aliphatic rings. The Balaban J connectivity index is 2.09. The van der Waals surface area contributed by atoms with Gasteiger partial charge < -0.3 is 5.11 Å². The smallest absolute Gasteiger partial charge is 0.215 e.